The Labute approximate surface area is 120 Å². The number of nitrogens with zero attached hydrogens (tertiary/aromatic N) is 3. The standard InChI is InChI=1S/C14H11ClN4O/c1-9-2-4-12(16-6-9)18-14(20)11-8-19-7-10(15)3-5-13(19)17-11/h2-8H,1H3,(H,16,18,20). The summed E-state index contributed by atoms with van der Waals surface area (Å²) in [5.41, 5.74) is 2.01. The number of pyridine rings is 2. The van der Waals surface area contributed by atoms with Gasteiger partial charge in [0.2, 0.25) is 0 Å². The molecular formula is C14H11ClN4O. The predicted molar refractivity (Wildman–Crippen MR) is 77.1 cm³/mol. The Bertz CT molecular complexity index is 779. The molecule has 3 heterocycles. The van der Waals surface area contributed by atoms with E-state index in [9.17, 15) is 4.79 Å². The number of halogens is 1. The van der Waals surface area contributed by atoms with Crippen LogP contribution >= 0.6 is 11.6 Å². The van der Waals surface area contributed by atoms with E-state index in [4.69, 9.17) is 11.6 Å². The molecule has 3 rings (SSSR count). The third-order valence-corrected chi connectivity index (χ3v) is 3.02. The molecule has 0 aliphatic carbocycles. The van der Waals surface area contributed by atoms with E-state index in [1.165, 1.54) is 0 Å². The highest BCUT2D eigenvalue weighted by molar-refractivity contribution is 6.30. The van der Waals surface area contributed by atoms with Crippen LogP contribution in [0, 0.1) is 6.92 Å². The van der Waals surface area contributed by atoms with E-state index in [1.807, 2.05) is 13.0 Å². The van der Waals surface area contributed by atoms with Gasteiger partial charge in [0, 0.05) is 18.6 Å². The van der Waals surface area contributed by atoms with Crippen LogP contribution in [0.5, 0.6) is 0 Å². The van der Waals surface area contributed by atoms with Crippen molar-refractivity contribution in [3.63, 3.8) is 0 Å². The first-order chi connectivity index (χ1) is 9.61. The Kier molecular flexibility index (Phi) is 3.12. The first-order valence-electron chi connectivity index (χ1n) is 6.00. The van der Waals surface area contributed by atoms with Crippen LogP contribution in [0.1, 0.15) is 16.1 Å². The summed E-state index contributed by atoms with van der Waals surface area (Å²) in [6.45, 7) is 1.93. The van der Waals surface area contributed by atoms with Gasteiger partial charge in [-0.2, -0.15) is 0 Å². The van der Waals surface area contributed by atoms with Gasteiger partial charge in [0.1, 0.15) is 17.2 Å². The molecule has 3 aromatic heterocycles. The molecule has 3 aromatic rings. The fourth-order valence-corrected chi connectivity index (χ4v) is 1.96. The van der Waals surface area contributed by atoms with Crippen molar-refractivity contribution in [2.75, 3.05) is 5.32 Å². The Balaban J connectivity index is 1.86. The van der Waals surface area contributed by atoms with Gasteiger partial charge in [-0.05, 0) is 30.7 Å². The number of hydrogen-bond donors (Lipinski definition) is 1. The second-order valence-corrected chi connectivity index (χ2v) is 4.85. The van der Waals surface area contributed by atoms with Crippen LogP contribution in [0.15, 0.2) is 42.9 Å². The van der Waals surface area contributed by atoms with E-state index in [0.29, 0.717) is 22.2 Å². The zero-order valence-corrected chi connectivity index (χ0v) is 11.4. The van der Waals surface area contributed by atoms with Gasteiger partial charge >= 0.3 is 0 Å². The molecule has 0 aliphatic heterocycles. The van der Waals surface area contributed by atoms with Crippen molar-refractivity contribution in [3.8, 4) is 0 Å². The van der Waals surface area contributed by atoms with Crippen LogP contribution in [-0.4, -0.2) is 20.3 Å². The molecule has 0 radical (unpaired) electrons. The molecule has 0 saturated carbocycles. The smallest absolute Gasteiger partial charge is 0.277 e. The van der Waals surface area contributed by atoms with Crippen molar-refractivity contribution in [1.82, 2.24) is 14.4 Å². The Morgan fingerprint density at radius 3 is 2.85 bits per heavy atom. The lowest BCUT2D eigenvalue weighted by Crippen LogP contribution is -2.13. The average molecular weight is 287 g/mol. The number of aryl methyl sites for hydroxylation is 1. The second-order valence-electron chi connectivity index (χ2n) is 4.41. The van der Waals surface area contributed by atoms with Crippen molar-refractivity contribution >= 4 is 29.0 Å². The van der Waals surface area contributed by atoms with E-state index >= 15 is 0 Å². The molecule has 1 amide bonds. The molecule has 1 N–H and O–H groups in total. The predicted octanol–water partition coefficient (Wildman–Crippen LogP) is 2.94. The van der Waals surface area contributed by atoms with Crippen LogP contribution < -0.4 is 5.32 Å². The van der Waals surface area contributed by atoms with Crippen LogP contribution in [0.2, 0.25) is 5.02 Å². The number of aromatic nitrogens is 3. The van der Waals surface area contributed by atoms with Gasteiger partial charge in [0.25, 0.3) is 5.91 Å². The largest absolute Gasteiger partial charge is 0.305 e. The molecule has 0 aliphatic rings. The average Bonchev–Trinajstić information content (AvgIpc) is 2.84. The molecule has 100 valence electrons. The van der Waals surface area contributed by atoms with E-state index in [0.717, 1.165) is 5.56 Å². The van der Waals surface area contributed by atoms with E-state index in [1.54, 1.807) is 41.2 Å². The summed E-state index contributed by atoms with van der Waals surface area (Å²) in [6, 6.07) is 7.11. The summed E-state index contributed by atoms with van der Waals surface area (Å²) in [6.07, 6.45) is 5.02. The fraction of sp³-hybridized carbons (Fsp3) is 0.0714. The fourth-order valence-electron chi connectivity index (χ4n) is 1.80. The van der Waals surface area contributed by atoms with Gasteiger partial charge < -0.3 is 9.72 Å². The third kappa shape index (κ3) is 2.48. The Hall–Kier alpha value is -2.40. The number of rotatable bonds is 2. The number of carbonyl (C=O) groups excluding carboxylic acids is 1. The van der Waals surface area contributed by atoms with Crippen molar-refractivity contribution < 1.29 is 4.79 Å². The SMILES string of the molecule is Cc1ccc(NC(=O)c2cn3cc(Cl)ccc3n2)nc1. The Morgan fingerprint density at radius 1 is 1.25 bits per heavy atom. The maximum atomic E-state index is 12.1. The zero-order chi connectivity index (χ0) is 14.1. The van der Waals surface area contributed by atoms with E-state index in [2.05, 4.69) is 15.3 Å². The molecule has 0 saturated heterocycles. The summed E-state index contributed by atoms with van der Waals surface area (Å²) >= 11 is 5.89. The summed E-state index contributed by atoms with van der Waals surface area (Å²) < 4.78 is 1.71. The minimum absolute atomic E-state index is 0.304. The van der Waals surface area contributed by atoms with Gasteiger partial charge in [-0.25, -0.2) is 9.97 Å². The lowest BCUT2D eigenvalue weighted by Gasteiger charge is -2.01. The number of fused-ring (bicyclic) bond motifs is 1. The molecule has 0 atom stereocenters. The summed E-state index contributed by atoms with van der Waals surface area (Å²) in [7, 11) is 0. The maximum Gasteiger partial charge on any atom is 0.277 e. The minimum Gasteiger partial charge on any atom is -0.305 e. The highest BCUT2D eigenvalue weighted by atomic mass is 35.5. The molecule has 6 heteroatoms. The molecule has 5 nitrogen and oxygen atoms in total. The third-order valence-electron chi connectivity index (χ3n) is 2.80. The van der Waals surface area contributed by atoms with Crippen LogP contribution in [0.4, 0.5) is 5.82 Å². The van der Waals surface area contributed by atoms with Gasteiger partial charge in [0.05, 0.1) is 5.02 Å². The zero-order valence-electron chi connectivity index (χ0n) is 10.7. The van der Waals surface area contributed by atoms with Crippen molar-refractivity contribution in [1.29, 1.82) is 0 Å². The highest BCUT2D eigenvalue weighted by Gasteiger charge is 2.11. The monoisotopic (exact) mass is 286 g/mol. The summed E-state index contributed by atoms with van der Waals surface area (Å²) in [5.74, 6) is 0.192. The van der Waals surface area contributed by atoms with Crippen molar-refractivity contribution in [2.24, 2.45) is 0 Å². The second kappa shape index (κ2) is 4.94. The van der Waals surface area contributed by atoms with Crippen molar-refractivity contribution in [2.45, 2.75) is 6.92 Å². The molecule has 20 heavy (non-hydrogen) atoms. The Morgan fingerprint density at radius 2 is 2.10 bits per heavy atom. The lowest BCUT2D eigenvalue weighted by atomic mass is 10.3. The lowest BCUT2D eigenvalue weighted by molar-refractivity contribution is 0.102. The molecular weight excluding hydrogens is 276 g/mol. The number of amides is 1. The number of imidazole rings is 1. The van der Waals surface area contributed by atoms with E-state index < -0.39 is 0 Å². The minimum atomic E-state index is -0.304. The first-order valence-corrected chi connectivity index (χ1v) is 6.38. The number of nitrogens with one attached hydrogen (secondary N) is 1. The summed E-state index contributed by atoms with van der Waals surface area (Å²) in [5, 5.41) is 3.29. The highest BCUT2D eigenvalue weighted by Crippen LogP contribution is 2.13. The normalized spacial score (nSPS) is 10.7. The molecule has 0 spiro atoms. The number of carbonyl (C=O) groups is 1. The number of anilines is 1. The first kappa shape index (κ1) is 12.6. The van der Waals surface area contributed by atoms with Gasteiger partial charge in [-0.3, -0.25) is 4.79 Å². The van der Waals surface area contributed by atoms with Gasteiger partial charge in [0.15, 0.2) is 0 Å². The van der Waals surface area contributed by atoms with E-state index in [-0.39, 0.29) is 5.91 Å². The molecule has 0 bridgehead atoms. The maximum absolute atomic E-state index is 12.1. The summed E-state index contributed by atoms with van der Waals surface area (Å²) in [4.78, 5) is 20.4. The van der Waals surface area contributed by atoms with Gasteiger partial charge in [-0.1, -0.05) is 17.7 Å². The van der Waals surface area contributed by atoms with Crippen LogP contribution in [0.25, 0.3) is 5.65 Å². The number of hydrogen-bond acceptors (Lipinski definition) is 3. The van der Waals surface area contributed by atoms with Crippen LogP contribution in [0.3, 0.4) is 0 Å². The topological polar surface area (TPSA) is 59.3 Å². The van der Waals surface area contributed by atoms with Crippen LogP contribution in [-0.2, 0) is 0 Å². The quantitative estimate of drug-likeness (QED) is 0.788. The van der Waals surface area contributed by atoms with Crippen molar-refractivity contribution in [3.05, 3.63) is 59.1 Å². The molecule has 0 unspecified atom stereocenters. The van der Waals surface area contributed by atoms with Gasteiger partial charge in [-0.15, -0.1) is 0 Å². The molecule has 0 aromatic carbocycles. The molecule has 0 fully saturated rings.